The van der Waals surface area contributed by atoms with E-state index in [9.17, 15) is 0 Å². The molecule has 0 aliphatic heterocycles. The van der Waals surface area contributed by atoms with Crippen LogP contribution in [0.25, 0.3) is 133 Å². The fraction of sp³-hybridized carbons (Fsp3) is 0. The van der Waals surface area contributed by atoms with E-state index in [0.717, 1.165) is 50.3 Å². The van der Waals surface area contributed by atoms with Gasteiger partial charge >= 0.3 is 0 Å². The zero-order chi connectivity index (χ0) is 49.0. The van der Waals surface area contributed by atoms with Crippen LogP contribution in [0.2, 0.25) is 0 Å². The third-order valence-electron chi connectivity index (χ3n) is 14.9. The first-order chi connectivity index (χ1) is 36.7. The Morgan fingerprint density at radius 1 is 0.162 bits per heavy atom. The van der Waals surface area contributed by atoms with E-state index in [1.807, 2.05) is 0 Å². The third kappa shape index (κ3) is 7.60. The van der Waals surface area contributed by atoms with Crippen molar-refractivity contribution in [2.75, 3.05) is 0 Å². The summed E-state index contributed by atoms with van der Waals surface area (Å²) in [5, 5.41) is 5.03. The number of hydrogen-bond acceptors (Lipinski definition) is 0. The van der Waals surface area contributed by atoms with E-state index < -0.39 is 0 Å². The van der Waals surface area contributed by atoms with Gasteiger partial charge in [0.2, 0.25) is 0 Å². The predicted molar refractivity (Wildman–Crippen MR) is 313 cm³/mol. The Labute approximate surface area is 431 Å². The van der Waals surface area contributed by atoms with Gasteiger partial charge in [0.1, 0.15) is 0 Å². The van der Waals surface area contributed by atoms with E-state index >= 15 is 0 Å². The van der Waals surface area contributed by atoms with Crippen molar-refractivity contribution in [2.24, 2.45) is 0 Å². The average molecular weight is 941 g/mol. The summed E-state index contributed by atoms with van der Waals surface area (Å²) in [4.78, 5) is 0. The fourth-order valence-corrected chi connectivity index (χ4v) is 11.3. The zero-order valence-electron chi connectivity index (χ0n) is 40.6. The molecule has 0 saturated carbocycles. The van der Waals surface area contributed by atoms with E-state index in [-0.39, 0.29) is 0 Å². The normalized spacial score (nSPS) is 11.5. The van der Waals surface area contributed by atoms with Crippen molar-refractivity contribution in [3.63, 3.8) is 0 Å². The summed E-state index contributed by atoms with van der Waals surface area (Å²) in [6.07, 6.45) is 0. The molecule has 0 radical (unpaired) electrons. The molecule has 0 saturated heterocycles. The second-order valence-electron chi connectivity index (χ2n) is 19.3. The highest BCUT2D eigenvalue weighted by Gasteiger charge is 2.18. The summed E-state index contributed by atoms with van der Waals surface area (Å²) in [5.41, 5.74) is 23.4. The molecule has 0 aliphatic carbocycles. The number of nitrogens with zero attached hydrogens (tertiary/aromatic N) is 2. The minimum absolute atomic E-state index is 1.13. The molecule has 2 heterocycles. The van der Waals surface area contributed by atoms with Gasteiger partial charge in [-0.25, -0.2) is 0 Å². The zero-order valence-corrected chi connectivity index (χ0v) is 40.6. The molecule has 346 valence electrons. The summed E-state index contributed by atoms with van der Waals surface area (Å²) in [6.45, 7) is 0. The quantitative estimate of drug-likeness (QED) is 0.136. The van der Waals surface area contributed by atoms with Gasteiger partial charge in [-0.3, -0.25) is 0 Å². The molecular weight excluding hydrogens is 893 g/mol. The van der Waals surface area contributed by atoms with Crippen LogP contribution in [0.1, 0.15) is 0 Å². The number of rotatable bonds is 9. The van der Waals surface area contributed by atoms with Crippen LogP contribution in [0.3, 0.4) is 0 Å². The summed E-state index contributed by atoms with van der Waals surface area (Å²) in [5.74, 6) is 0. The number of hydrogen-bond donors (Lipinski definition) is 0. The first-order valence-corrected chi connectivity index (χ1v) is 25.5. The number of fused-ring (bicyclic) bond motifs is 6. The molecule has 2 nitrogen and oxygen atoms in total. The molecule has 2 aromatic heterocycles. The minimum atomic E-state index is 1.13. The molecule has 0 spiro atoms. The van der Waals surface area contributed by atoms with Crippen LogP contribution in [0.15, 0.2) is 291 Å². The maximum atomic E-state index is 2.41. The highest BCUT2D eigenvalue weighted by molar-refractivity contribution is 6.10. The molecule has 74 heavy (non-hydrogen) atoms. The van der Waals surface area contributed by atoms with Gasteiger partial charge in [0, 0.05) is 32.9 Å². The monoisotopic (exact) mass is 940 g/mol. The summed E-state index contributed by atoms with van der Waals surface area (Å²) in [7, 11) is 0. The van der Waals surface area contributed by atoms with Gasteiger partial charge in [0.25, 0.3) is 0 Å². The van der Waals surface area contributed by atoms with Gasteiger partial charge in [-0.2, -0.15) is 0 Å². The Bertz CT molecular complexity index is 4210. The maximum absolute atomic E-state index is 2.41. The second-order valence-corrected chi connectivity index (χ2v) is 19.3. The number of para-hydroxylation sites is 4. The number of aromatic nitrogens is 2. The van der Waals surface area contributed by atoms with Crippen molar-refractivity contribution < 1.29 is 0 Å². The first kappa shape index (κ1) is 43.1. The minimum Gasteiger partial charge on any atom is -0.309 e. The van der Waals surface area contributed by atoms with Crippen LogP contribution in [0.4, 0.5) is 0 Å². The topological polar surface area (TPSA) is 9.86 Å². The molecule has 12 aromatic carbocycles. The predicted octanol–water partition coefficient (Wildman–Crippen LogP) is 19.5. The first-order valence-electron chi connectivity index (χ1n) is 25.5. The lowest BCUT2D eigenvalue weighted by atomic mass is 9.87. The lowest BCUT2D eigenvalue weighted by Crippen LogP contribution is -1.95. The SMILES string of the molecule is c1ccc(-c2cc(-c3ccccc3)cc(-c3cc(-c4ccccc4)cc(-c4cc(-c5ccc(-n6c7ccccc7c7ccccc76)cc5)ccc4-c4ccc(-n5c6ccccc6c6ccccc65)cc4)c3)c2)cc1. The van der Waals surface area contributed by atoms with E-state index in [2.05, 4.69) is 300 Å². The van der Waals surface area contributed by atoms with Crippen molar-refractivity contribution >= 4 is 43.6 Å². The van der Waals surface area contributed by atoms with Gasteiger partial charge in [0.05, 0.1) is 22.1 Å². The van der Waals surface area contributed by atoms with Crippen LogP contribution in [0, 0.1) is 0 Å². The molecule has 0 atom stereocenters. The van der Waals surface area contributed by atoms with Crippen molar-refractivity contribution in [3.05, 3.63) is 291 Å². The molecular formula is C72H48N2. The lowest BCUT2D eigenvalue weighted by molar-refractivity contribution is 1.18. The lowest BCUT2D eigenvalue weighted by Gasteiger charge is -2.18. The standard InChI is InChI=1S/C72H48N2/c1-4-18-49(19-5-1)55-42-56(50-20-6-2-7-21-50)44-58(43-55)59-45-57(51-22-8-3-9-23-51)46-60(47-59)68-48-54(52-32-37-61(38-33-52)73-69-28-14-10-24-64(69)65-25-11-15-29-70(65)73)36-41-63(68)53-34-39-62(40-35-53)74-71-30-16-12-26-66(71)67-27-13-17-31-72(67)74/h1-48H. The molecule has 14 rings (SSSR count). The highest BCUT2D eigenvalue weighted by atomic mass is 15.0. The molecule has 14 aromatic rings. The van der Waals surface area contributed by atoms with E-state index in [1.54, 1.807) is 0 Å². The molecule has 2 heteroatoms. The second kappa shape index (κ2) is 18.1. The van der Waals surface area contributed by atoms with Crippen LogP contribution in [-0.4, -0.2) is 9.13 Å². The molecule has 0 fully saturated rings. The smallest absolute Gasteiger partial charge is 0.0541 e. The molecule has 0 bridgehead atoms. The van der Waals surface area contributed by atoms with Gasteiger partial charge in [-0.05, 0) is 169 Å². The van der Waals surface area contributed by atoms with E-state index in [0.29, 0.717) is 0 Å². The molecule has 0 aliphatic rings. The molecule has 0 amide bonds. The Balaban J connectivity index is 0.956. The highest BCUT2D eigenvalue weighted by Crippen LogP contribution is 2.43. The van der Waals surface area contributed by atoms with Crippen molar-refractivity contribution in [1.29, 1.82) is 0 Å². The largest absolute Gasteiger partial charge is 0.309 e. The summed E-state index contributed by atoms with van der Waals surface area (Å²) >= 11 is 0. The Hall–Kier alpha value is -9.76. The summed E-state index contributed by atoms with van der Waals surface area (Å²) in [6, 6.07) is 107. The van der Waals surface area contributed by atoms with Crippen LogP contribution >= 0.6 is 0 Å². The van der Waals surface area contributed by atoms with Crippen molar-refractivity contribution in [3.8, 4) is 89.3 Å². The van der Waals surface area contributed by atoms with E-state index in [1.165, 1.54) is 82.6 Å². The Morgan fingerprint density at radius 3 is 0.824 bits per heavy atom. The van der Waals surface area contributed by atoms with Gasteiger partial charge in [-0.1, -0.05) is 200 Å². The van der Waals surface area contributed by atoms with Crippen molar-refractivity contribution in [1.82, 2.24) is 9.13 Å². The number of benzene rings is 12. The molecule has 0 N–H and O–H groups in total. The Kier molecular flexibility index (Phi) is 10.6. The summed E-state index contributed by atoms with van der Waals surface area (Å²) < 4.78 is 4.78. The Morgan fingerprint density at radius 2 is 0.446 bits per heavy atom. The fourth-order valence-electron chi connectivity index (χ4n) is 11.3. The van der Waals surface area contributed by atoms with Crippen molar-refractivity contribution in [2.45, 2.75) is 0 Å². The average Bonchev–Trinajstić information content (AvgIpc) is 4.01. The maximum Gasteiger partial charge on any atom is 0.0541 e. The third-order valence-corrected chi connectivity index (χ3v) is 14.9. The van der Waals surface area contributed by atoms with Gasteiger partial charge in [-0.15, -0.1) is 0 Å². The van der Waals surface area contributed by atoms with Gasteiger partial charge in [0.15, 0.2) is 0 Å². The van der Waals surface area contributed by atoms with Crippen LogP contribution < -0.4 is 0 Å². The molecule has 0 unspecified atom stereocenters. The van der Waals surface area contributed by atoms with Gasteiger partial charge < -0.3 is 9.13 Å². The van der Waals surface area contributed by atoms with Crippen LogP contribution in [-0.2, 0) is 0 Å². The van der Waals surface area contributed by atoms with Crippen LogP contribution in [0.5, 0.6) is 0 Å². The van der Waals surface area contributed by atoms with E-state index in [4.69, 9.17) is 0 Å².